The van der Waals surface area contributed by atoms with E-state index in [0.29, 0.717) is 10.9 Å². The van der Waals surface area contributed by atoms with Crippen LogP contribution in [0.3, 0.4) is 0 Å². The average molecular weight is 432 g/mol. The summed E-state index contributed by atoms with van der Waals surface area (Å²) < 4.78 is 43.1. The van der Waals surface area contributed by atoms with Crippen LogP contribution in [0.2, 0.25) is 0 Å². The predicted molar refractivity (Wildman–Crippen MR) is 89.8 cm³/mol. The molecule has 1 saturated heterocycles. The third-order valence-corrected chi connectivity index (χ3v) is 5.39. The van der Waals surface area contributed by atoms with Gasteiger partial charge in [-0.2, -0.15) is 0 Å². The van der Waals surface area contributed by atoms with Gasteiger partial charge in [0.05, 0.1) is 11.5 Å². The lowest BCUT2D eigenvalue weighted by atomic mass is 10.1. The monoisotopic (exact) mass is 431 g/mol. The predicted octanol–water partition coefficient (Wildman–Crippen LogP) is 5.16. The molecule has 25 heavy (non-hydrogen) atoms. The first-order valence-electron chi connectivity index (χ1n) is 7.18. The minimum atomic E-state index is -3.98. The van der Waals surface area contributed by atoms with Crippen LogP contribution in [0.25, 0.3) is 0 Å². The Morgan fingerprint density at radius 3 is 2.68 bits per heavy atom. The summed E-state index contributed by atoms with van der Waals surface area (Å²) in [5.74, 6) is -0.402. The minimum absolute atomic E-state index is 0.0564. The fourth-order valence-corrected chi connectivity index (χ4v) is 4.06. The Bertz CT molecular complexity index is 846. The molecule has 2 aromatic carbocycles. The fourth-order valence-electron chi connectivity index (χ4n) is 2.29. The van der Waals surface area contributed by atoms with Gasteiger partial charge in [0.2, 0.25) is 0 Å². The van der Waals surface area contributed by atoms with Gasteiger partial charge in [0.1, 0.15) is 17.7 Å². The lowest BCUT2D eigenvalue weighted by molar-refractivity contribution is -0.384. The number of hydrogen-bond acceptors (Lipinski definition) is 6. The molecule has 2 aromatic rings. The molecule has 0 bridgehead atoms. The molecular weight excluding hydrogens is 420 g/mol. The number of phosphoric ester groups is 1. The molecular formula is C15H12BrFNO6P. The highest BCUT2D eigenvalue weighted by molar-refractivity contribution is 9.10. The molecule has 0 aliphatic carbocycles. The largest absolute Gasteiger partial charge is 0.530 e. The number of phosphoric acid groups is 1. The van der Waals surface area contributed by atoms with Crippen LogP contribution in [-0.2, 0) is 13.6 Å². The number of hydrogen-bond donors (Lipinski definition) is 0. The van der Waals surface area contributed by atoms with E-state index in [1.165, 1.54) is 30.3 Å². The van der Waals surface area contributed by atoms with E-state index in [0.717, 1.165) is 0 Å². The van der Waals surface area contributed by atoms with E-state index >= 15 is 0 Å². The van der Waals surface area contributed by atoms with Crippen molar-refractivity contribution in [3.63, 3.8) is 0 Å². The van der Waals surface area contributed by atoms with Gasteiger partial charge in [0.15, 0.2) is 0 Å². The van der Waals surface area contributed by atoms with Crippen molar-refractivity contribution in [2.45, 2.75) is 12.5 Å². The van der Waals surface area contributed by atoms with Crippen LogP contribution in [0.15, 0.2) is 46.9 Å². The van der Waals surface area contributed by atoms with Gasteiger partial charge in [-0.15, -0.1) is 0 Å². The highest BCUT2D eigenvalue weighted by Crippen LogP contribution is 2.57. The first kappa shape index (κ1) is 18.0. The summed E-state index contributed by atoms with van der Waals surface area (Å²) in [6, 6.07) is 9.35. The molecule has 1 heterocycles. The molecule has 3 rings (SSSR count). The Morgan fingerprint density at radius 2 is 2.00 bits per heavy atom. The smallest absolute Gasteiger partial charge is 0.404 e. The van der Waals surface area contributed by atoms with Gasteiger partial charge in [-0.25, -0.2) is 8.96 Å². The lowest BCUT2D eigenvalue weighted by Crippen LogP contribution is -2.17. The third kappa shape index (κ3) is 4.24. The molecule has 0 aromatic heterocycles. The van der Waals surface area contributed by atoms with Crippen LogP contribution in [0.4, 0.5) is 10.1 Å². The Hall–Kier alpha value is -1.80. The van der Waals surface area contributed by atoms with Gasteiger partial charge in [-0.1, -0.05) is 15.9 Å². The highest BCUT2D eigenvalue weighted by Gasteiger charge is 2.38. The third-order valence-electron chi connectivity index (χ3n) is 3.46. The maximum absolute atomic E-state index is 14.0. The number of halogens is 2. The molecule has 0 N–H and O–H groups in total. The van der Waals surface area contributed by atoms with E-state index in [2.05, 4.69) is 15.9 Å². The summed E-state index contributed by atoms with van der Waals surface area (Å²) in [5.41, 5.74) is 0.107. The van der Waals surface area contributed by atoms with Crippen molar-refractivity contribution in [1.29, 1.82) is 0 Å². The maximum atomic E-state index is 14.0. The molecule has 2 atom stereocenters. The van der Waals surface area contributed by atoms with Gasteiger partial charge in [-0.3, -0.25) is 19.2 Å². The van der Waals surface area contributed by atoms with Crippen molar-refractivity contribution in [3.8, 4) is 5.75 Å². The summed E-state index contributed by atoms with van der Waals surface area (Å²) in [4.78, 5) is 10.1. The first-order chi connectivity index (χ1) is 11.9. The van der Waals surface area contributed by atoms with Gasteiger partial charge in [0, 0.05) is 28.6 Å². The van der Waals surface area contributed by atoms with Crippen molar-refractivity contribution in [3.05, 3.63) is 68.4 Å². The van der Waals surface area contributed by atoms with Crippen molar-refractivity contribution >= 4 is 29.4 Å². The number of nitro groups is 1. The number of rotatable bonds is 4. The lowest BCUT2D eigenvalue weighted by Gasteiger charge is -2.29. The second-order valence-electron chi connectivity index (χ2n) is 5.17. The number of nitrogens with zero attached hydrogens (tertiary/aromatic N) is 1. The zero-order valence-electron chi connectivity index (χ0n) is 12.6. The summed E-state index contributed by atoms with van der Waals surface area (Å²) >= 11 is 3.25. The molecule has 0 radical (unpaired) electrons. The van der Waals surface area contributed by atoms with Gasteiger partial charge >= 0.3 is 7.82 Å². The molecule has 0 spiro atoms. The Labute approximate surface area is 150 Å². The summed E-state index contributed by atoms with van der Waals surface area (Å²) in [6.07, 6.45) is -0.490. The molecule has 0 amide bonds. The van der Waals surface area contributed by atoms with E-state index in [9.17, 15) is 19.1 Å². The SMILES string of the molecule is O=[N+]([O-])c1ccc(OP2(=O)OCCC(c3cc(Br)ccc3F)O2)cc1. The number of non-ortho nitro benzene ring substituents is 1. The van der Waals surface area contributed by atoms with Crippen LogP contribution in [0, 0.1) is 15.9 Å². The highest BCUT2D eigenvalue weighted by atomic mass is 79.9. The molecule has 1 aliphatic heterocycles. The zero-order chi connectivity index (χ0) is 18.0. The van der Waals surface area contributed by atoms with Crippen molar-refractivity contribution in [2.75, 3.05) is 6.61 Å². The quantitative estimate of drug-likeness (QED) is 0.377. The van der Waals surface area contributed by atoms with Crippen molar-refractivity contribution in [2.24, 2.45) is 0 Å². The van der Waals surface area contributed by atoms with Gasteiger partial charge < -0.3 is 4.52 Å². The fraction of sp³-hybridized carbons (Fsp3) is 0.200. The average Bonchev–Trinajstić information content (AvgIpc) is 2.57. The zero-order valence-corrected chi connectivity index (χ0v) is 15.1. The number of nitro benzene ring substituents is 1. The molecule has 1 aliphatic rings. The summed E-state index contributed by atoms with van der Waals surface area (Å²) in [6.45, 7) is 0.0564. The molecule has 132 valence electrons. The Kier molecular flexibility index (Phi) is 5.19. The standard InChI is InChI=1S/C15H12BrFNO6P/c16-10-1-6-14(17)13(9-10)15-7-8-22-25(21,24-15)23-12-4-2-11(3-5-12)18(19)20/h1-6,9,15H,7-8H2. The molecule has 7 nitrogen and oxygen atoms in total. The van der Waals surface area contributed by atoms with E-state index in [1.807, 2.05) is 0 Å². The second-order valence-corrected chi connectivity index (χ2v) is 7.63. The normalized spacial score (nSPS) is 23.2. The van der Waals surface area contributed by atoms with E-state index in [-0.39, 0.29) is 23.6 Å². The molecule has 10 heteroatoms. The van der Waals surface area contributed by atoms with Gasteiger partial charge in [-0.05, 0) is 30.3 Å². The topological polar surface area (TPSA) is 87.9 Å². The minimum Gasteiger partial charge on any atom is -0.404 e. The van der Waals surface area contributed by atoms with Crippen LogP contribution in [0.1, 0.15) is 18.1 Å². The summed E-state index contributed by atoms with van der Waals surface area (Å²) in [7, 11) is -3.98. The van der Waals surface area contributed by atoms with Crippen molar-refractivity contribution < 1.29 is 27.5 Å². The van der Waals surface area contributed by atoms with Crippen LogP contribution >= 0.6 is 23.8 Å². The Balaban J connectivity index is 1.78. The summed E-state index contributed by atoms with van der Waals surface area (Å²) in [5, 5.41) is 10.6. The van der Waals surface area contributed by atoms with Crippen LogP contribution in [0.5, 0.6) is 5.75 Å². The molecule has 1 fully saturated rings. The first-order valence-corrected chi connectivity index (χ1v) is 9.44. The molecule has 2 unspecified atom stereocenters. The van der Waals surface area contributed by atoms with E-state index < -0.39 is 24.7 Å². The van der Waals surface area contributed by atoms with Gasteiger partial charge in [0.25, 0.3) is 5.69 Å². The van der Waals surface area contributed by atoms with Crippen LogP contribution in [-0.4, -0.2) is 11.5 Å². The van der Waals surface area contributed by atoms with Crippen molar-refractivity contribution in [1.82, 2.24) is 0 Å². The maximum Gasteiger partial charge on any atom is 0.530 e. The Morgan fingerprint density at radius 1 is 1.28 bits per heavy atom. The number of benzene rings is 2. The van der Waals surface area contributed by atoms with E-state index in [4.69, 9.17) is 13.6 Å². The van der Waals surface area contributed by atoms with E-state index in [1.54, 1.807) is 12.1 Å². The second kappa shape index (κ2) is 7.21. The van der Waals surface area contributed by atoms with Crippen LogP contribution < -0.4 is 4.52 Å². The molecule has 0 saturated carbocycles.